The first kappa shape index (κ1) is 21.9. The molecule has 1 aliphatic rings. The molecule has 0 saturated carbocycles. The number of sulfonamides is 1. The molecule has 0 N–H and O–H groups in total. The van der Waals surface area contributed by atoms with E-state index in [0.29, 0.717) is 13.2 Å². The van der Waals surface area contributed by atoms with E-state index in [1.807, 2.05) is 54.6 Å². The molecule has 0 amide bonds. The molecule has 0 radical (unpaired) electrons. The maximum absolute atomic E-state index is 12.8. The van der Waals surface area contributed by atoms with Gasteiger partial charge < -0.3 is 9.47 Å². The Kier molecular flexibility index (Phi) is 6.50. The lowest BCUT2D eigenvalue weighted by Gasteiger charge is -2.26. The van der Waals surface area contributed by atoms with Gasteiger partial charge in [-0.2, -0.15) is 4.31 Å². The second-order valence-corrected chi connectivity index (χ2v) is 9.19. The Hall–Kier alpha value is -3.27. The topological polar surface area (TPSA) is 99.0 Å². The van der Waals surface area contributed by atoms with Crippen LogP contribution < -0.4 is 4.74 Å². The van der Waals surface area contributed by atoms with Crippen LogP contribution in [0.3, 0.4) is 0 Å². The van der Waals surface area contributed by atoms with E-state index in [2.05, 4.69) is 0 Å². The van der Waals surface area contributed by atoms with Gasteiger partial charge in [-0.05, 0) is 28.8 Å². The van der Waals surface area contributed by atoms with Crippen LogP contribution >= 0.6 is 0 Å². The normalized spacial score (nSPS) is 14.8. The zero-order valence-corrected chi connectivity index (χ0v) is 18.0. The van der Waals surface area contributed by atoms with Gasteiger partial charge in [-0.1, -0.05) is 54.6 Å². The van der Waals surface area contributed by atoms with E-state index in [-0.39, 0.29) is 36.0 Å². The molecule has 1 saturated heterocycles. The van der Waals surface area contributed by atoms with Crippen molar-refractivity contribution in [2.75, 3.05) is 26.3 Å². The number of hydrogen-bond donors (Lipinski definition) is 0. The van der Waals surface area contributed by atoms with E-state index < -0.39 is 14.9 Å². The summed E-state index contributed by atoms with van der Waals surface area (Å²) in [7, 11) is -3.84. The first-order valence-corrected chi connectivity index (χ1v) is 11.5. The number of rotatable bonds is 7. The summed E-state index contributed by atoms with van der Waals surface area (Å²) in [4.78, 5) is 10.8. The first-order valence-electron chi connectivity index (χ1n) is 10.1. The highest BCUT2D eigenvalue weighted by molar-refractivity contribution is 7.89. The summed E-state index contributed by atoms with van der Waals surface area (Å²) in [5.41, 5.74) is 2.59. The average molecular weight is 455 g/mol. The molecule has 1 heterocycles. The molecule has 4 rings (SSSR count). The van der Waals surface area contributed by atoms with Crippen LogP contribution in [0.2, 0.25) is 0 Å². The fraction of sp³-hybridized carbons (Fsp3) is 0.217. The lowest BCUT2D eigenvalue weighted by molar-refractivity contribution is -0.386. The van der Waals surface area contributed by atoms with E-state index in [9.17, 15) is 18.5 Å². The number of ether oxygens (including phenoxy) is 2. The van der Waals surface area contributed by atoms with Crippen molar-refractivity contribution in [1.29, 1.82) is 0 Å². The van der Waals surface area contributed by atoms with E-state index in [1.165, 1.54) is 16.4 Å². The Bertz CT molecular complexity index is 1190. The summed E-state index contributed by atoms with van der Waals surface area (Å²) < 4.78 is 37.7. The number of hydrogen-bond acceptors (Lipinski definition) is 6. The van der Waals surface area contributed by atoms with Crippen LogP contribution in [-0.4, -0.2) is 43.9 Å². The predicted molar refractivity (Wildman–Crippen MR) is 119 cm³/mol. The van der Waals surface area contributed by atoms with Crippen molar-refractivity contribution in [2.24, 2.45) is 0 Å². The highest BCUT2D eigenvalue weighted by atomic mass is 32.2. The lowest BCUT2D eigenvalue weighted by atomic mass is 10.0. The number of nitro benzene ring substituents is 1. The van der Waals surface area contributed by atoms with E-state index in [4.69, 9.17) is 9.47 Å². The summed E-state index contributed by atoms with van der Waals surface area (Å²) >= 11 is 0. The molecule has 1 fully saturated rings. The van der Waals surface area contributed by atoms with Crippen molar-refractivity contribution in [1.82, 2.24) is 4.31 Å². The monoisotopic (exact) mass is 454 g/mol. The molecule has 3 aromatic rings. The van der Waals surface area contributed by atoms with Crippen LogP contribution in [0.4, 0.5) is 5.69 Å². The highest BCUT2D eigenvalue weighted by Gasteiger charge is 2.29. The molecule has 0 atom stereocenters. The fourth-order valence-electron chi connectivity index (χ4n) is 3.44. The Morgan fingerprint density at radius 1 is 0.938 bits per heavy atom. The van der Waals surface area contributed by atoms with E-state index in [0.717, 1.165) is 22.8 Å². The molecular formula is C23H22N2O6S. The van der Waals surface area contributed by atoms with Gasteiger partial charge in [-0.3, -0.25) is 10.1 Å². The maximum Gasteiger partial charge on any atom is 0.312 e. The number of benzene rings is 3. The molecule has 166 valence electrons. The average Bonchev–Trinajstić information content (AvgIpc) is 2.84. The van der Waals surface area contributed by atoms with Crippen LogP contribution in [0.1, 0.15) is 5.56 Å². The van der Waals surface area contributed by atoms with Crippen molar-refractivity contribution in [2.45, 2.75) is 11.5 Å². The standard InChI is InChI=1S/C23H22N2O6S/c26-25(27)22-16-21(32(28,29)24-12-14-30-15-13-24)10-11-23(22)31-17-18-6-8-20(9-7-18)19-4-2-1-3-5-19/h1-11,16H,12-15,17H2. The van der Waals surface area contributed by atoms with Crippen LogP contribution in [0, 0.1) is 10.1 Å². The molecular weight excluding hydrogens is 432 g/mol. The van der Waals surface area contributed by atoms with E-state index >= 15 is 0 Å². The summed E-state index contributed by atoms with van der Waals surface area (Å²) in [5.74, 6) is 0.0167. The summed E-state index contributed by atoms with van der Waals surface area (Å²) in [6, 6.07) is 21.4. The highest BCUT2D eigenvalue weighted by Crippen LogP contribution is 2.32. The van der Waals surface area contributed by atoms with Crippen molar-refractivity contribution in [3.05, 3.63) is 88.5 Å². The Morgan fingerprint density at radius 2 is 1.59 bits per heavy atom. The zero-order chi connectivity index (χ0) is 22.6. The SMILES string of the molecule is O=[N+]([O-])c1cc(S(=O)(=O)N2CCOCC2)ccc1OCc1ccc(-c2ccccc2)cc1. The molecule has 0 aliphatic carbocycles. The molecule has 0 aromatic heterocycles. The third-order valence-corrected chi connectivity index (χ3v) is 7.08. The van der Waals surface area contributed by atoms with Crippen LogP contribution in [0.15, 0.2) is 77.7 Å². The molecule has 3 aromatic carbocycles. The van der Waals surface area contributed by atoms with Crippen LogP contribution in [0.5, 0.6) is 5.75 Å². The van der Waals surface area contributed by atoms with Crippen molar-refractivity contribution >= 4 is 15.7 Å². The number of nitrogens with zero attached hydrogens (tertiary/aromatic N) is 2. The predicted octanol–water partition coefficient (Wildman–Crippen LogP) is 3.86. The van der Waals surface area contributed by atoms with Gasteiger partial charge in [-0.15, -0.1) is 0 Å². The largest absolute Gasteiger partial charge is 0.482 e. The molecule has 1 aliphatic heterocycles. The van der Waals surface area contributed by atoms with Crippen LogP contribution in [0.25, 0.3) is 11.1 Å². The second kappa shape index (κ2) is 9.47. The molecule has 0 unspecified atom stereocenters. The second-order valence-electron chi connectivity index (χ2n) is 7.25. The molecule has 8 nitrogen and oxygen atoms in total. The van der Waals surface area contributed by atoms with Gasteiger partial charge in [0.05, 0.1) is 23.0 Å². The summed E-state index contributed by atoms with van der Waals surface area (Å²) in [6.45, 7) is 1.14. The van der Waals surface area contributed by atoms with Gasteiger partial charge in [0.2, 0.25) is 10.0 Å². The van der Waals surface area contributed by atoms with E-state index in [1.54, 1.807) is 0 Å². The van der Waals surface area contributed by atoms with Gasteiger partial charge in [0.15, 0.2) is 5.75 Å². The minimum Gasteiger partial charge on any atom is -0.482 e. The Morgan fingerprint density at radius 3 is 2.25 bits per heavy atom. The fourth-order valence-corrected chi connectivity index (χ4v) is 4.87. The quantitative estimate of drug-likeness (QED) is 0.397. The zero-order valence-electron chi connectivity index (χ0n) is 17.2. The maximum atomic E-state index is 12.8. The van der Waals surface area contributed by atoms with Crippen molar-refractivity contribution in [3.8, 4) is 16.9 Å². The summed E-state index contributed by atoms with van der Waals surface area (Å²) in [6.07, 6.45) is 0. The van der Waals surface area contributed by atoms with Gasteiger partial charge in [0, 0.05) is 19.2 Å². The molecule has 0 spiro atoms. The first-order chi connectivity index (χ1) is 15.4. The minimum atomic E-state index is -3.84. The Balaban J connectivity index is 1.51. The lowest BCUT2D eigenvalue weighted by Crippen LogP contribution is -2.40. The Labute approximate surface area is 186 Å². The third kappa shape index (κ3) is 4.80. The number of nitro groups is 1. The molecule has 0 bridgehead atoms. The minimum absolute atomic E-state index is 0.0167. The number of morpholine rings is 1. The summed E-state index contributed by atoms with van der Waals surface area (Å²) in [5, 5.41) is 11.6. The third-order valence-electron chi connectivity index (χ3n) is 5.19. The van der Waals surface area contributed by atoms with Crippen LogP contribution in [-0.2, 0) is 21.4 Å². The van der Waals surface area contributed by atoms with Crippen molar-refractivity contribution in [3.63, 3.8) is 0 Å². The molecule has 32 heavy (non-hydrogen) atoms. The van der Waals surface area contributed by atoms with Crippen molar-refractivity contribution < 1.29 is 22.8 Å². The smallest absolute Gasteiger partial charge is 0.312 e. The van der Waals surface area contributed by atoms with Gasteiger partial charge in [0.25, 0.3) is 0 Å². The van der Waals surface area contributed by atoms with Gasteiger partial charge >= 0.3 is 5.69 Å². The van der Waals surface area contributed by atoms with Gasteiger partial charge in [-0.25, -0.2) is 8.42 Å². The van der Waals surface area contributed by atoms with Gasteiger partial charge in [0.1, 0.15) is 6.61 Å². The molecule has 9 heteroatoms.